The molecule has 67 heavy (non-hydrogen) atoms. The van der Waals surface area contributed by atoms with Crippen molar-refractivity contribution in [1.82, 2.24) is 25.8 Å². The van der Waals surface area contributed by atoms with Gasteiger partial charge >= 0.3 is 12.1 Å². The summed E-state index contributed by atoms with van der Waals surface area (Å²) in [7, 11) is 0.520. The zero-order valence-corrected chi connectivity index (χ0v) is 42.6. The maximum absolute atomic E-state index is 14.7. The summed E-state index contributed by atoms with van der Waals surface area (Å²) in [6, 6.07) is 14.0. The standard InChI is InChI=1S/C49H70N8O9Si/c1-30(56(11)46(63)65-48(5,6)7)41(58)53-40(47(2,3)4)44(61)57-29-35(54-55-50)28-39(57)43(60)51-37(27-32-19-22-33-17-15-16-18-34(33)25-32)42(59)52-38(45(62)64-12)26-31-20-23-36(24-21-31)66-67(13,14)49(8,9)10/h15-25,30,35,37-40H,26-29H2,1-14H3,(H,51,60)(H,52,59)(H,53,58)/t30?,35-,37-,38-,39-,40+/m0/s1. The Kier molecular flexibility index (Phi) is 17.3. The van der Waals surface area contributed by atoms with Crippen LogP contribution >= 0.6 is 0 Å². The molecule has 1 fully saturated rings. The molecule has 3 N–H and O–H groups in total. The second kappa shape index (κ2) is 21.7. The lowest BCUT2D eigenvalue weighted by molar-refractivity contribution is -0.146. The van der Waals surface area contributed by atoms with Crippen molar-refractivity contribution in [3.8, 4) is 5.75 Å². The first-order valence-electron chi connectivity index (χ1n) is 22.6. The van der Waals surface area contributed by atoms with Gasteiger partial charge < -0.3 is 34.8 Å². The zero-order chi connectivity index (χ0) is 50.2. The lowest BCUT2D eigenvalue weighted by Gasteiger charge is -2.37. The molecule has 4 rings (SSSR count). The third-order valence-electron chi connectivity index (χ3n) is 12.4. The Labute approximate surface area is 395 Å². The number of hydrogen-bond acceptors (Lipinski definition) is 10. The number of carbonyl (C=O) groups excluding carboxylic acids is 6. The first-order valence-corrected chi connectivity index (χ1v) is 25.5. The van der Waals surface area contributed by atoms with Gasteiger partial charge in [-0.1, -0.05) is 101 Å². The van der Waals surface area contributed by atoms with E-state index in [4.69, 9.17) is 13.9 Å². The number of nitrogens with one attached hydrogen (secondary N) is 3. The number of ether oxygens (including phenoxy) is 2. The summed E-state index contributed by atoms with van der Waals surface area (Å²) in [6.45, 7) is 22.4. The Morgan fingerprint density at radius 1 is 0.836 bits per heavy atom. The van der Waals surface area contributed by atoms with Gasteiger partial charge in [-0.25, -0.2) is 9.59 Å². The molecule has 3 aromatic rings. The van der Waals surface area contributed by atoms with Crippen LogP contribution in [0.15, 0.2) is 71.8 Å². The van der Waals surface area contributed by atoms with E-state index < -0.39 is 91.3 Å². The summed E-state index contributed by atoms with van der Waals surface area (Å²) in [6.07, 6.45) is -0.738. The van der Waals surface area contributed by atoms with Crippen molar-refractivity contribution in [2.45, 2.75) is 148 Å². The lowest BCUT2D eigenvalue weighted by Crippen LogP contribution is -2.61. The summed E-state index contributed by atoms with van der Waals surface area (Å²) in [5.74, 6) is -2.67. The number of esters is 1. The van der Waals surface area contributed by atoms with Gasteiger partial charge in [-0.15, -0.1) is 0 Å². The third kappa shape index (κ3) is 14.4. The van der Waals surface area contributed by atoms with Gasteiger partial charge in [0.2, 0.25) is 31.9 Å². The fourth-order valence-electron chi connectivity index (χ4n) is 7.27. The molecule has 0 spiro atoms. The van der Waals surface area contributed by atoms with Crippen molar-refractivity contribution in [2.75, 3.05) is 20.7 Å². The minimum atomic E-state index is -2.12. The van der Waals surface area contributed by atoms with E-state index >= 15 is 0 Å². The monoisotopic (exact) mass is 943 g/mol. The number of carbonyl (C=O) groups is 6. The Bertz CT molecular complexity index is 2330. The number of fused-ring (bicyclic) bond motifs is 1. The van der Waals surface area contributed by atoms with Gasteiger partial charge in [0.1, 0.15) is 41.6 Å². The van der Waals surface area contributed by atoms with Crippen LogP contribution in [0.25, 0.3) is 21.2 Å². The average Bonchev–Trinajstić information content (AvgIpc) is 3.67. The fourth-order valence-corrected chi connectivity index (χ4v) is 8.30. The van der Waals surface area contributed by atoms with Crippen molar-refractivity contribution in [3.05, 3.63) is 88.3 Å². The summed E-state index contributed by atoms with van der Waals surface area (Å²) in [4.78, 5) is 88.9. The quantitative estimate of drug-likeness (QED) is 0.0433. The summed E-state index contributed by atoms with van der Waals surface area (Å²) in [5, 5.41) is 14.2. The largest absolute Gasteiger partial charge is 0.544 e. The number of amides is 5. The predicted molar refractivity (Wildman–Crippen MR) is 259 cm³/mol. The highest BCUT2D eigenvalue weighted by molar-refractivity contribution is 6.74. The second-order valence-corrected chi connectivity index (χ2v) is 25.6. The molecule has 6 atom stereocenters. The van der Waals surface area contributed by atoms with E-state index in [1.807, 2.05) is 66.7 Å². The van der Waals surface area contributed by atoms with Crippen LogP contribution in [-0.2, 0) is 46.3 Å². The highest BCUT2D eigenvalue weighted by Crippen LogP contribution is 2.37. The lowest BCUT2D eigenvalue weighted by atomic mass is 9.85. The molecule has 5 amide bonds. The molecule has 1 aliphatic rings. The van der Waals surface area contributed by atoms with Crippen molar-refractivity contribution in [1.29, 1.82) is 0 Å². The highest BCUT2D eigenvalue weighted by Gasteiger charge is 2.46. The fraction of sp³-hybridized carbons (Fsp3) is 0.551. The molecule has 17 nitrogen and oxygen atoms in total. The predicted octanol–water partition coefficient (Wildman–Crippen LogP) is 7.22. The maximum atomic E-state index is 14.7. The molecule has 1 aliphatic heterocycles. The maximum Gasteiger partial charge on any atom is 0.410 e. The molecule has 1 heterocycles. The molecule has 0 aromatic heterocycles. The molecule has 0 radical (unpaired) electrons. The van der Waals surface area contributed by atoms with Crippen LogP contribution in [0.3, 0.4) is 0 Å². The zero-order valence-electron chi connectivity index (χ0n) is 41.6. The molecule has 1 unspecified atom stereocenters. The van der Waals surface area contributed by atoms with E-state index in [0.717, 1.165) is 21.2 Å². The number of azide groups is 1. The highest BCUT2D eigenvalue weighted by atomic mass is 28.4. The van der Waals surface area contributed by atoms with Gasteiger partial charge in [0, 0.05) is 31.3 Å². The van der Waals surface area contributed by atoms with Crippen LogP contribution in [0.5, 0.6) is 5.75 Å². The summed E-state index contributed by atoms with van der Waals surface area (Å²) >= 11 is 0. The number of benzene rings is 3. The molecule has 0 bridgehead atoms. The van der Waals surface area contributed by atoms with Crippen LogP contribution in [0.1, 0.15) is 86.8 Å². The summed E-state index contributed by atoms with van der Waals surface area (Å²) < 4.78 is 17.0. The van der Waals surface area contributed by atoms with Gasteiger partial charge in [0.15, 0.2) is 0 Å². The Morgan fingerprint density at radius 3 is 2.00 bits per heavy atom. The van der Waals surface area contributed by atoms with E-state index in [-0.39, 0.29) is 30.8 Å². The number of likely N-dealkylation sites (N-methyl/N-ethyl adjacent to an activating group) is 1. The SMILES string of the molecule is COC(=O)[C@H](Cc1ccc(O[Si](C)(C)C(C)(C)C)cc1)NC(=O)[C@H](Cc1ccc2ccccc2c1)NC(=O)[C@@H]1C[C@H](N=[N+]=[N-])CN1C(=O)[C@@H](NC(=O)C(C)N(C)C(=O)OC(C)(C)C)C(C)(C)C. The number of rotatable bonds is 16. The van der Waals surface area contributed by atoms with Crippen molar-refractivity contribution >= 4 is 54.8 Å². The van der Waals surface area contributed by atoms with Crippen molar-refractivity contribution in [3.63, 3.8) is 0 Å². The number of hydrogen-bond donors (Lipinski definition) is 3. The first-order chi connectivity index (χ1) is 31.0. The topological polar surface area (TPSA) is 221 Å². The van der Waals surface area contributed by atoms with Crippen LogP contribution in [0.2, 0.25) is 18.1 Å². The Morgan fingerprint density at radius 2 is 1.43 bits per heavy atom. The van der Waals surface area contributed by atoms with E-state index in [1.165, 1.54) is 26.0 Å². The molecule has 0 aliphatic carbocycles. The van der Waals surface area contributed by atoms with Gasteiger partial charge in [0.25, 0.3) is 0 Å². The van der Waals surface area contributed by atoms with Crippen LogP contribution in [-0.4, -0.2) is 116 Å². The third-order valence-corrected chi connectivity index (χ3v) is 16.7. The smallest absolute Gasteiger partial charge is 0.410 e. The number of nitrogens with zero attached hydrogens (tertiary/aromatic N) is 5. The summed E-state index contributed by atoms with van der Waals surface area (Å²) in [5.41, 5.74) is 9.13. The van der Waals surface area contributed by atoms with Crippen molar-refractivity contribution in [2.24, 2.45) is 10.5 Å². The molecule has 1 saturated heterocycles. The van der Waals surface area contributed by atoms with E-state index in [0.29, 0.717) is 11.3 Å². The van der Waals surface area contributed by atoms with E-state index in [9.17, 15) is 34.3 Å². The Balaban J connectivity index is 1.65. The van der Waals surface area contributed by atoms with E-state index in [2.05, 4.69) is 59.8 Å². The second-order valence-electron chi connectivity index (χ2n) is 20.9. The number of methoxy groups -OCH3 is 1. The van der Waals surface area contributed by atoms with Gasteiger partial charge in [0.05, 0.1) is 13.2 Å². The van der Waals surface area contributed by atoms with Gasteiger partial charge in [-0.05, 0) is 97.2 Å². The molecule has 0 saturated carbocycles. The van der Waals surface area contributed by atoms with Crippen LogP contribution in [0, 0.1) is 5.41 Å². The molecule has 364 valence electrons. The number of likely N-dealkylation sites (tertiary alicyclic amines) is 1. The average molecular weight is 943 g/mol. The molecule has 3 aromatic carbocycles. The van der Waals surface area contributed by atoms with E-state index in [1.54, 1.807) is 41.5 Å². The Hall–Kier alpha value is -6.13. The molecular weight excluding hydrogens is 873 g/mol. The van der Waals surface area contributed by atoms with Crippen molar-refractivity contribution < 1.29 is 42.7 Å². The van der Waals surface area contributed by atoms with Gasteiger partial charge in [-0.3, -0.25) is 24.1 Å². The normalized spacial score (nSPS) is 17.2. The molecule has 18 heteroatoms. The van der Waals surface area contributed by atoms with Crippen LogP contribution in [0.4, 0.5) is 4.79 Å². The first kappa shape index (κ1) is 53.5. The van der Waals surface area contributed by atoms with Crippen LogP contribution < -0.4 is 20.4 Å². The van der Waals surface area contributed by atoms with Gasteiger partial charge in [-0.2, -0.15) is 0 Å². The molecular formula is C49H70N8O9Si. The minimum absolute atomic E-state index is 0.0000411. The minimum Gasteiger partial charge on any atom is -0.544 e.